The highest BCUT2D eigenvalue weighted by molar-refractivity contribution is 7.90. The molecule has 2 N–H and O–H groups in total. The molecule has 0 radical (unpaired) electrons. The molecule has 1 saturated heterocycles. The molecule has 30 heavy (non-hydrogen) atoms. The Kier molecular flexibility index (Phi) is 5.99. The van der Waals surface area contributed by atoms with E-state index in [0.29, 0.717) is 23.7 Å². The molecule has 0 saturated carbocycles. The van der Waals surface area contributed by atoms with Crippen LogP contribution < -0.4 is 10.5 Å². The van der Waals surface area contributed by atoms with Crippen molar-refractivity contribution in [2.24, 2.45) is 0 Å². The third kappa shape index (κ3) is 5.24. The Hall–Kier alpha value is -2.74. The van der Waals surface area contributed by atoms with Crippen molar-refractivity contribution in [1.82, 2.24) is 4.90 Å². The van der Waals surface area contributed by atoms with Crippen molar-refractivity contribution < 1.29 is 22.7 Å². The van der Waals surface area contributed by atoms with Gasteiger partial charge >= 0.3 is 6.09 Å². The fraction of sp³-hybridized carbons (Fsp3) is 0.409. The maximum absolute atomic E-state index is 12.7. The number of hydrogen-bond acceptors (Lipinski definition) is 6. The van der Waals surface area contributed by atoms with Crippen molar-refractivity contribution in [3.05, 3.63) is 48.0 Å². The molecule has 0 aromatic heterocycles. The molecule has 162 valence electrons. The molecule has 1 heterocycles. The van der Waals surface area contributed by atoms with Gasteiger partial charge in [-0.2, -0.15) is 0 Å². The fourth-order valence-corrected chi connectivity index (χ4v) is 4.06. The molecule has 1 aliphatic heterocycles. The molecule has 1 aliphatic rings. The highest BCUT2D eigenvalue weighted by atomic mass is 32.2. The van der Waals surface area contributed by atoms with Gasteiger partial charge in [0.25, 0.3) is 0 Å². The number of amides is 1. The summed E-state index contributed by atoms with van der Waals surface area (Å²) in [4.78, 5) is 14.6. The van der Waals surface area contributed by atoms with E-state index in [2.05, 4.69) is 0 Å². The number of carbonyl (C=O) groups excluding carboxylic acids is 1. The maximum atomic E-state index is 12.7. The number of nitrogens with zero attached hydrogens (tertiary/aromatic N) is 1. The molecule has 0 aliphatic carbocycles. The van der Waals surface area contributed by atoms with Crippen molar-refractivity contribution in [2.45, 2.75) is 50.2 Å². The van der Waals surface area contributed by atoms with Crippen LogP contribution in [0.2, 0.25) is 0 Å². The van der Waals surface area contributed by atoms with E-state index in [1.54, 1.807) is 29.2 Å². The van der Waals surface area contributed by atoms with Crippen molar-refractivity contribution in [3.63, 3.8) is 0 Å². The lowest BCUT2D eigenvalue weighted by atomic mass is 10.0. The number of likely N-dealkylation sites (tertiary alicyclic amines) is 1. The molecule has 1 atom stereocenters. The van der Waals surface area contributed by atoms with E-state index in [1.165, 1.54) is 12.1 Å². The Morgan fingerprint density at radius 1 is 1.13 bits per heavy atom. The molecule has 1 fully saturated rings. The highest BCUT2D eigenvalue weighted by Crippen LogP contribution is 2.40. The van der Waals surface area contributed by atoms with Gasteiger partial charge in [-0.25, -0.2) is 13.2 Å². The van der Waals surface area contributed by atoms with E-state index in [0.717, 1.165) is 24.7 Å². The number of carbonyl (C=O) groups is 1. The van der Waals surface area contributed by atoms with Crippen LogP contribution in [0, 0.1) is 0 Å². The van der Waals surface area contributed by atoms with Crippen molar-refractivity contribution in [3.8, 4) is 11.5 Å². The van der Waals surface area contributed by atoms with Crippen molar-refractivity contribution in [2.75, 3.05) is 18.5 Å². The van der Waals surface area contributed by atoms with E-state index in [-0.39, 0.29) is 17.0 Å². The van der Waals surface area contributed by atoms with Crippen molar-refractivity contribution >= 4 is 21.6 Å². The molecule has 1 amide bonds. The number of ether oxygens (including phenoxy) is 2. The van der Waals surface area contributed by atoms with Gasteiger partial charge in [0, 0.05) is 24.1 Å². The summed E-state index contributed by atoms with van der Waals surface area (Å²) >= 11 is 0. The Labute approximate surface area is 177 Å². The second-order valence-corrected chi connectivity index (χ2v) is 10.5. The van der Waals surface area contributed by atoms with Gasteiger partial charge in [0.15, 0.2) is 9.84 Å². The van der Waals surface area contributed by atoms with Gasteiger partial charge in [-0.3, -0.25) is 0 Å². The quantitative estimate of drug-likeness (QED) is 0.712. The molecule has 2 aromatic rings. The third-order valence-corrected chi connectivity index (χ3v) is 5.88. The van der Waals surface area contributed by atoms with Gasteiger partial charge < -0.3 is 20.1 Å². The average Bonchev–Trinajstić information content (AvgIpc) is 3.11. The predicted molar refractivity (Wildman–Crippen MR) is 115 cm³/mol. The summed E-state index contributed by atoms with van der Waals surface area (Å²) in [5.41, 5.74) is 6.81. The normalized spacial score (nSPS) is 17.1. The Morgan fingerprint density at radius 2 is 1.80 bits per heavy atom. The van der Waals surface area contributed by atoms with Crippen LogP contribution in [0.1, 0.15) is 45.2 Å². The number of benzene rings is 2. The zero-order chi connectivity index (χ0) is 22.1. The number of nitrogens with two attached hydrogens (primary N) is 1. The van der Waals surface area contributed by atoms with Crippen LogP contribution in [0.5, 0.6) is 11.5 Å². The third-order valence-electron chi connectivity index (χ3n) is 4.75. The molecule has 0 bridgehead atoms. The van der Waals surface area contributed by atoms with E-state index >= 15 is 0 Å². The van der Waals surface area contributed by atoms with Gasteiger partial charge in [0.1, 0.15) is 17.1 Å². The van der Waals surface area contributed by atoms with Crippen LogP contribution >= 0.6 is 0 Å². The Morgan fingerprint density at radius 3 is 2.40 bits per heavy atom. The molecule has 8 heteroatoms. The average molecular weight is 433 g/mol. The molecule has 7 nitrogen and oxygen atoms in total. The molecular formula is C22H28N2O5S. The molecular weight excluding hydrogens is 404 g/mol. The number of rotatable bonds is 4. The minimum absolute atomic E-state index is 0.214. The summed E-state index contributed by atoms with van der Waals surface area (Å²) in [6.07, 6.45) is 2.41. The zero-order valence-corrected chi connectivity index (χ0v) is 18.5. The lowest BCUT2D eigenvalue weighted by Crippen LogP contribution is -2.36. The van der Waals surface area contributed by atoms with Crippen LogP contribution in [0.4, 0.5) is 10.5 Å². The monoisotopic (exact) mass is 432 g/mol. The molecule has 3 rings (SSSR count). The highest BCUT2D eigenvalue weighted by Gasteiger charge is 2.35. The minimum Gasteiger partial charge on any atom is -0.457 e. The first-order valence-corrected chi connectivity index (χ1v) is 11.7. The minimum atomic E-state index is -3.28. The van der Waals surface area contributed by atoms with Crippen LogP contribution in [0.3, 0.4) is 0 Å². The van der Waals surface area contributed by atoms with Gasteiger partial charge in [0.05, 0.1) is 10.9 Å². The number of nitrogen functional groups attached to an aromatic ring is 1. The van der Waals surface area contributed by atoms with E-state index in [4.69, 9.17) is 15.2 Å². The van der Waals surface area contributed by atoms with Crippen molar-refractivity contribution in [1.29, 1.82) is 0 Å². The fourth-order valence-electron chi connectivity index (χ4n) is 3.43. The van der Waals surface area contributed by atoms with E-state index in [9.17, 15) is 13.2 Å². The van der Waals surface area contributed by atoms with E-state index in [1.807, 2.05) is 26.8 Å². The standard InChI is InChI=1S/C22H28N2O5S/c1-22(2,3)29-21(25)24-13-5-6-19(24)18-14-15(23)7-12-20(18)28-16-8-10-17(11-9-16)30(4,26)27/h7-12,14,19H,5-6,13,23H2,1-4H3. The summed E-state index contributed by atoms with van der Waals surface area (Å²) in [7, 11) is -3.28. The summed E-state index contributed by atoms with van der Waals surface area (Å²) < 4.78 is 34.9. The molecule has 1 unspecified atom stereocenters. The number of anilines is 1. The molecule has 0 spiro atoms. The second-order valence-electron chi connectivity index (χ2n) is 8.47. The van der Waals surface area contributed by atoms with Gasteiger partial charge in [0.2, 0.25) is 0 Å². The summed E-state index contributed by atoms with van der Waals surface area (Å²) in [6.45, 7) is 6.11. The number of sulfone groups is 1. The molecule has 2 aromatic carbocycles. The summed E-state index contributed by atoms with van der Waals surface area (Å²) in [5.74, 6) is 1.06. The van der Waals surface area contributed by atoms with Crippen LogP contribution in [-0.2, 0) is 14.6 Å². The van der Waals surface area contributed by atoms with Crippen LogP contribution in [-0.4, -0.2) is 37.8 Å². The smallest absolute Gasteiger partial charge is 0.410 e. The van der Waals surface area contributed by atoms with Crippen LogP contribution in [0.25, 0.3) is 0 Å². The second kappa shape index (κ2) is 8.18. The topological polar surface area (TPSA) is 98.9 Å². The number of hydrogen-bond donors (Lipinski definition) is 1. The summed E-state index contributed by atoms with van der Waals surface area (Å²) in [6, 6.07) is 11.3. The predicted octanol–water partition coefficient (Wildman–Crippen LogP) is 4.54. The Balaban J connectivity index is 1.89. The van der Waals surface area contributed by atoms with E-state index < -0.39 is 15.4 Å². The first-order chi connectivity index (χ1) is 13.9. The van der Waals surface area contributed by atoms with Gasteiger partial charge in [-0.1, -0.05) is 0 Å². The van der Waals surface area contributed by atoms with Gasteiger partial charge in [-0.15, -0.1) is 0 Å². The largest absolute Gasteiger partial charge is 0.457 e. The van der Waals surface area contributed by atoms with Gasteiger partial charge in [-0.05, 0) is 76.1 Å². The maximum Gasteiger partial charge on any atom is 0.410 e. The summed E-state index contributed by atoms with van der Waals surface area (Å²) in [5, 5.41) is 0. The Bertz CT molecular complexity index is 1030. The lowest BCUT2D eigenvalue weighted by molar-refractivity contribution is 0.0223. The first kappa shape index (κ1) is 22.0. The first-order valence-electron chi connectivity index (χ1n) is 9.81. The zero-order valence-electron chi connectivity index (χ0n) is 17.7. The van der Waals surface area contributed by atoms with Crippen LogP contribution in [0.15, 0.2) is 47.4 Å². The lowest BCUT2D eigenvalue weighted by Gasteiger charge is -2.29. The SMILES string of the molecule is CC(C)(C)OC(=O)N1CCCC1c1cc(N)ccc1Oc1ccc(S(C)(=O)=O)cc1.